The number of phenols is 1. The third-order valence-electron chi connectivity index (χ3n) is 3.88. The van der Waals surface area contributed by atoms with Crippen molar-refractivity contribution in [3.8, 4) is 5.75 Å². The van der Waals surface area contributed by atoms with E-state index in [1.807, 2.05) is 0 Å². The van der Waals surface area contributed by atoms with Crippen LogP contribution in [0.3, 0.4) is 0 Å². The van der Waals surface area contributed by atoms with Crippen molar-refractivity contribution in [1.82, 2.24) is 10.3 Å². The molecule has 0 saturated carbocycles. The molecule has 1 heterocycles. The minimum absolute atomic E-state index is 0.0505. The molecule has 0 bridgehead atoms. The van der Waals surface area contributed by atoms with Gasteiger partial charge < -0.3 is 10.4 Å². The smallest absolute Gasteiger partial charge is 0.416 e. The van der Waals surface area contributed by atoms with E-state index in [2.05, 4.69) is 10.3 Å². The lowest BCUT2D eigenvalue weighted by molar-refractivity contribution is -0.137. The minimum Gasteiger partial charge on any atom is -0.507 e. The predicted molar refractivity (Wildman–Crippen MR) is 92.3 cm³/mol. The highest BCUT2D eigenvalue weighted by molar-refractivity contribution is 5.97. The van der Waals surface area contributed by atoms with Crippen molar-refractivity contribution in [3.05, 3.63) is 58.4 Å². The van der Waals surface area contributed by atoms with E-state index in [0.717, 1.165) is 12.1 Å². The number of hydrogen-bond donors (Lipinski definition) is 2. The fourth-order valence-corrected chi connectivity index (χ4v) is 2.62. The highest BCUT2D eigenvalue weighted by Crippen LogP contribution is 2.32. The fraction of sp³-hybridized carbons (Fsp3) is 0.316. The SMILES string of the molecule is CC(=O)Cc1cc(C(C)NC(=O)c2ccc(C(F)(F)F)cc2O)cc(C)n1. The van der Waals surface area contributed by atoms with Gasteiger partial charge in [-0.3, -0.25) is 14.6 Å². The Bertz CT molecular complexity index is 879. The number of carbonyl (C=O) groups excluding carboxylic acids is 2. The minimum atomic E-state index is -4.61. The molecule has 27 heavy (non-hydrogen) atoms. The van der Waals surface area contributed by atoms with E-state index in [9.17, 15) is 27.9 Å². The van der Waals surface area contributed by atoms with Crippen LogP contribution in [0.5, 0.6) is 5.75 Å². The maximum Gasteiger partial charge on any atom is 0.416 e. The van der Waals surface area contributed by atoms with Crippen LogP contribution in [0.4, 0.5) is 13.2 Å². The second-order valence-electron chi connectivity index (χ2n) is 6.34. The van der Waals surface area contributed by atoms with Crippen LogP contribution in [-0.2, 0) is 17.4 Å². The van der Waals surface area contributed by atoms with Crippen molar-refractivity contribution in [2.45, 2.75) is 39.4 Å². The molecule has 0 aliphatic carbocycles. The van der Waals surface area contributed by atoms with E-state index in [1.165, 1.54) is 6.92 Å². The van der Waals surface area contributed by atoms with Gasteiger partial charge in [-0.15, -0.1) is 0 Å². The molecule has 0 aliphatic rings. The van der Waals surface area contributed by atoms with Crippen LogP contribution in [-0.4, -0.2) is 21.8 Å². The summed E-state index contributed by atoms with van der Waals surface area (Å²) >= 11 is 0. The van der Waals surface area contributed by atoms with Gasteiger partial charge in [-0.1, -0.05) is 0 Å². The van der Waals surface area contributed by atoms with Gasteiger partial charge in [0.25, 0.3) is 5.91 Å². The normalized spacial score (nSPS) is 12.5. The van der Waals surface area contributed by atoms with Gasteiger partial charge in [0.2, 0.25) is 0 Å². The van der Waals surface area contributed by atoms with Crippen LogP contribution in [0, 0.1) is 6.92 Å². The monoisotopic (exact) mass is 380 g/mol. The van der Waals surface area contributed by atoms with E-state index in [1.54, 1.807) is 26.0 Å². The van der Waals surface area contributed by atoms with Crippen LogP contribution in [0.15, 0.2) is 30.3 Å². The second-order valence-corrected chi connectivity index (χ2v) is 6.34. The summed E-state index contributed by atoms with van der Waals surface area (Å²) in [5, 5.41) is 12.4. The summed E-state index contributed by atoms with van der Waals surface area (Å²) in [6, 6.07) is 5.10. The summed E-state index contributed by atoms with van der Waals surface area (Å²) in [5.41, 5.74) is 0.629. The Hall–Kier alpha value is -2.90. The van der Waals surface area contributed by atoms with E-state index >= 15 is 0 Å². The van der Waals surface area contributed by atoms with Crippen molar-refractivity contribution in [2.24, 2.45) is 0 Å². The zero-order valence-corrected chi connectivity index (χ0v) is 15.0. The topological polar surface area (TPSA) is 79.3 Å². The zero-order valence-electron chi connectivity index (χ0n) is 15.0. The second kappa shape index (κ2) is 7.77. The van der Waals surface area contributed by atoms with Crippen molar-refractivity contribution in [3.63, 3.8) is 0 Å². The molecule has 2 aromatic rings. The van der Waals surface area contributed by atoms with Gasteiger partial charge in [0.15, 0.2) is 0 Å². The Morgan fingerprint density at radius 1 is 1.22 bits per heavy atom. The molecule has 0 aliphatic heterocycles. The molecule has 1 unspecified atom stereocenters. The number of phenolic OH excluding ortho intramolecular Hbond substituents is 1. The molecule has 0 fully saturated rings. The third-order valence-corrected chi connectivity index (χ3v) is 3.88. The number of hydrogen-bond acceptors (Lipinski definition) is 4. The fourth-order valence-electron chi connectivity index (χ4n) is 2.62. The third kappa shape index (κ3) is 5.29. The Balaban J connectivity index is 2.21. The first-order chi connectivity index (χ1) is 12.5. The van der Waals surface area contributed by atoms with Crippen molar-refractivity contribution in [1.29, 1.82) is 0 Å². The number of rotatable bonds is 5. The average Bonchev–Trinajstić information content (AvgIpc) is 2.52. The van der Waals surface area contributed by atoms with Gasteiger partial charge in [0.05, 0.1) is 17.2 Å². The first-order valence-corrected chi connectivity index (χ1v) is 8.15. The molecule has 2 N–H and O–H groups in total. The maximum absolute atomic E-state index is 12.7. The number of amides is 1. The zero-order chi connectivity index (χ0) is 20.4. The van der Waals surface area contributed by atoms with Crippen LogP contribution < -0.4 is 5.32 Å². The molecule has 1 atom stereocenters. The summed E-state index contributed by atoms with van der Waals surface area (Å²) in [7, 11) is 0. The van der Waals surface area contributed by atoms with Gasteiger partial charge in [0, 0.05) is 17.8 Å². The Morgan fingerprint density at radius 3 is 2.44 bits per heavy atom. The molecular formula is C19H19F3N2O3. The number of pyridine rings is 1. The lowest BCUT2D eigenvalue weighted by atomic mass is 10.0. The molecule has 2 rings (SSSR count). The quantitative estimate of drug-likeness (QED) is 0.828. The Morgan fingerprint density at radius 2 is 1.89 bits per heavy atom. The number of benzene rings is 1. The van der Waals surface area contributed by atoms with Gasteiger partial charge in [-0.05, 0) is 56.7 Å². The molecule has 0 spiro atoms. The first kappa shape index (κ1) is 20.4. The standard InChI is InChI=1S/C19H19F3N2O3/c1-10-6-13(8-15(23-10)7-11(2)25)12(3)24-18(27)16-5-4-14(9-17(16)26)19(20,21)22/h4-6,8-9,12,26H,7H2,1-3H3,(H,24,27). The Labute approximate surface area is 154 Å². The van der Waals surface area contributed by atoms with E-state index in [0.29, 0.717) is 23.0 Å². The van der Waals surface area contributed by atoms with Crippen molar-refractivity contribution >= 4 is 11.7 Å². The van der Waals surface area contributed by atoms with Crippen LogP contribution >= 0.6 is 0 Å². The summed E-state index contributed by atoms with van der Waals surface area (Å²) in [4.78, 5) is 27.9. The van der Waals surface area contributed by atoms with Crippen LogP contribution in [0.25, 0.3) is 0 Å². The Kier molecular flexibility index (Phi) is 5.88. The number of ketones is 1. The van der Waals surface area contributed by atoms with Crippen molar-refractivity contribution < 1.29 is 27.9 Å². The highest BCUT2D eigenvalue weighted by Gasteiger charge is 2.31. The van der Waals surface area contributed by atoms with E-state index in [-0.39, 0.29) is 17.8 Å². The summed E-state index contributed by atoms with van der Waals surface area (Å²) in [5.74, 6) is -1.51. The molecule has 8 heteroatoms. The van der Waals surface area contributed by atoms with E-state index < -0.39 is 29.4 Å². The summed E-state index contributed by atoms with van der Waals surface area (Å²) in [6.07, 6.45) is -4.45. The van der Waals surface area contributed by atoms with Gasteiger partial charge >= 0.3 is 6.18 Å². The van der Waals surface area contributed by atoms with Crippen LogP contribution in [0.2, 0.25) is 0 Å². The average molecular weight is 380 g/mol. The van der Waals surface area contributed by atoms with Gasteiger partial charge in [-0.25, -0.2) is 0 Å². The number of aromatic hydroxyl groups is 1. The number of alkyl halides is 3. The molecule has 1 aromatic heterocycles. The van der Waals surface area contributed by atoms with Crippen LogP contribution in [0.1, 0.15) is 52.8 Å². The number of halogens is 3. The molecule has 1 aromatic carbocycles. The lowest BCUT2D eigenvalue weighted by Crippen LogP contribution is -2.27. The number of aromatic nitrogens is 1. The van der Waals surface area contributed by atoms with Crippen molar-refractivity contribution in [2.75, 3.05) is 0 Å². The largest absolute Gasteiger partial charge is 0.507 e. The van der Waals surface area contributed by atoms with Gasteiger partial charge in [-0.2, -0.15) is 13.2 Å². The molecule has 5 nitrogen and oxygen atoms in total. The number of aryl methyl sites for hydroxylation is 1. The number of Topliss-reactive ketones (excluding diaryl/α,β-unsaturated/α-hetero) is 1. The molecule has 144 valence electrons. The number of nitrogens with zero attached hydrogens (tertiary/aromatic N) is 1. The van der Waals surface area contributed by atoms with E-state index in [4.69, 9.17) is 0 Å². The maximum atomic E-state index is 12.7. The summed E-state index contributed by atoms with van der Waals surface area (Å²) < 4.78 is 38.0. The predicted octanol–water partition coefficient (Wildman–Crippen LogP) is 3.74. The highest BCUT2D eigenvalue weighted by atomic mass is 19.4. The number of carbonyl (C=O) groups is 2. The molecular weight excluding hydrogens is 361 g/mol. The molecule has 1 amide bonds. The molecule has 0 radical (unpaired) electrons. The summed E-state index contributed by atoms with van der Waals surface area (Å²) in [6.45, 7) is 4.89. The first-order valence-electron chi connectivity index (χ1n) is 8.15. The lowest BCUT2D eigenvalue weighted by Gasteiger charge is -2.17. The number of nitrogens with one attached hydrogen (secondary N) is 1. The van der Waals surface area contributed by atoms with Gasteiger partial charge in [0.1, 0.15) is 11.5 Å². The molecule has 0 saturated heterocycles.